The minimum atomic E-state index is 0.176. The molecule has 1 unspecified atom stereocenters. The van der Waals surface area contributed by atoms with E-state index in [9.17, 15) is 4.79 Å². The number of hydrogen-bond acceptors (Lipinski definition) is 3. The highest BCUT2D eigenvalue weighted by Gasteiger charge is 2.25. The van der Waals surface area contributed by atoms with Gasteiger partial charge in [-0.05, 0) is 31.2 Å². The van der Waals surface area contributed by atoms with E-state index >= 15 is 0 Å². The summed E-state index contributed by atoms with van der Waals surface area (Å²) in [6, 6.07) is 4.21. The second kappa shape index (κ2) is 6.55. The lowest BCUT2D eigenvalue weighted by Gasteiger charge is -2.33. The number of pyridine rings is 1. The van der Waals surface area contributed by atoms with Crippen molar-refractivity contribution in [2.75, 3.05) is 18.4 Å². The number of nitrogens with zero attached hydrogens (tertiary/aromatic N) is 2. The molecule has 2 rings (SSSR count). The molecule has 0 saturated carbocycles. The number of aromatic nitrogens is 1. The van der Waals surface area contributed by atoms with Crippen LogP contribution >= 0.6 is 0 Å². The maximum absolute atomic E-state index is 11.2. The Morgan fingerprint density at radius 1 is 1.53 bits per heavy atom. The maximum Gasteiger partial charge on any atom is 0.210 e. The number of carbonyl (C=O) groups is 1. The fraction of sp³-hybridized carbons (Fsp3) is 0.600. The van der Waals surface area contributed by atoms with Gasteiger partial charge in [-0.2, -0.15) is 0 Å². The summed E-state index contributed by atoms with van der Waals surface area (Å²) in [5.74, 6) is 1.50. The van der Waals surface area contributed by atoms with Crippen LogP contribution in [0.25, 0.3) is 0 Å². The van der Waals surface area contributed by atoms with Gasteiger partial charge in [0.05, 0.1) is 6.04 Å². The number of amides is 1. The minimum absolute atomic E-state index is 0.176. The van der Waals surface area contributed by atoms with E-state index in [1.165, 1.54) is 6.42 Å². The van der Waals surface area contributed by atoms with E-state index in [0.717, 1.165) is 43.7 Å². The Labute approximate surface area is 115 Å². The van der Waals surface area contributed by atoms with Crippen molar-refractivity contribution in [3.63, 3.8) is 0 Å². The molecule has 1 saturated heterocycles. The molecule has 1 aromatic rings. The van der Waals surface area contributed by atoms with Gasteiger partial charge in [0.2, 0.25) is 6.41 Å². The van der Waals surface area contributed by atoms with E-state index in [4.69, 9.17) is 0 Å². The third-order valence-electron chi connectivity index (χ3n) is 3.56. The van der Waals surface area contributed by atoms with Gasteiger partial charge >= 0.3 is 0 Å². The topological polar surface area (TPSA) is 45.2 Å². The number of likely N-dealkylation sites (tertiary alicyclic amines) is 1. The molecule has 1 aromatic heterocycles. The fourth-order valence-corrected chi connectivity index (χ4v) is 2.55. The lowest BCUT2D eigenvalue weighted by Crippen LogP contribution is -2.32. The van der Waals surface area contributed by atoms with Crippen molar-refractivity contribution in [1.82, 2.24) is 9.88 Å². The summed E-state index contributed by atoms with van der Waals surface area (Å²) in [6.07, 6.45) is 6.09. The van der Waals surface area contributed by atoms with Gasteiger partial charge in [0.15, 0.2) is 0 Å². The van der Waals surface area contributed by atoms with Gasteiger partial charge in [0, 0.05) is 24.8 Å². The third kappa shape index (κ3) is 3.46. The van der Waals surface area contributed by atoms with Crippen molar-refractivity contribution in [3.8, 4) is 0 Å². The van der Waals surface area contributed by atoms with Crippen LogP contribution in [-0.2, 0) is 4.79 Å². The third-order valence-corrected chi connectivity index (χ3v) is 3.56. The molecule has 1 N–H and O–H groups in total. The van der Waals surface area contributed by atoms with Crippen LogP contribution in [0.2, 0.25) is 0 Å². The Morgan fingerprint density at radius 3 is 3.11 bits per heavy atom. The summed E-state index contributed by atoms with van der Waals surface area (Å²) in [5.41, 5.74) is 1.15. The smallest absolute Gasteiger partial charge is 0.210 e. The van der Waals surface area contributed by atoms with Crippen LogP contribution in [0.1, 0.15) is 44.7 Å². The van der Waals surface area contributed by atoms with E-state index in [1.807, 2.05) is 11.0 Å². The zero-order valence-corrected chi connectivity index (χ0v) is 11.8. The first-order valence-corrected chi connectivity index (χ1v) is 7.12. The number of rotatable bonds is 5. The van der Waals surface area contributed by atoms with E-state index < -0.39 is 0 Å². The summed E-state index contributed by atoms with van der Waals surface area (Å²) in [5, 5.41) is 3.40. The van der Waals surface area contributed by atoms with Gasteiger partial charge in [0.25, 0.3) is 0 Å². The van der Waals surface area contributed by atoms with Gasteiger partial charge < -0.3 is 10.2 Å². The van der Waals surface area contributed by atoms with Crippen molar-refractivity contribution >= 4 is 12.2 Å². The van der Waals surface area contributed by atoms with Crippen molar-refractivity contribution in [3.05, 3.63) is 23.9 Å². The average molecular weight is 261 g/mol. The highest BCUT2D eigenvalue weighted by atomic mass is 16.1. The molecule has 1 fully saturated rings. The Morgan fingerprint density at radius 2 is 2.37 bits per heavy atom. The largest absolute Gasteiger partial charge is 0.370 e. The standard InChI is InChI=1S/C15H23N3O/c1-12(2)10-17-15-13(6-5-8-16-15)14-7-3-4-9-18(14)11-19/h5-6,8,11-12,14H,3-4,7,9-10H2,1-2H3,(H,16,17). The van der Waals surface area contributed by atoms with E-state index in [1.54, 1.807) is 6.20 Å². The number of piperidine rings is 1. The first kappa shape index (κ1) is 13.8. The first-order valence-electron chi connectivity index (χ1n) is 7.12. The Bertz CT molecular complexity index is 420. The van der Waals surface area contributed by atoms with E-state index in [0.29, 0.717) is 5.92 Å². The SMILES string of the molecule is CC(C)CNc1ncccc1C1CCCCN1C=O. The van der Waals surface area contributed by atoms with Crippen LogP contribution in [0.15, 0.2) is 18.3 Å². The second-order valence-corrected chi connectivity index (χ2v) is 5.57. The predicted octanol–water partition coefficient (Wildman–Crippen LogP) is 2.83. The van der Waals surface area contributed by atoms with E-state index in [-0.39, 0.29) is 6.04 Å². The molecular formula is C15H23N3O. The zero-order valence-electron chi connectivity index (χ0n) is 11.8. The summed E-state index contributed by atoms with van der Waals surface area (Å²) in [7, 11) is 0. The number of anilines is 1. The first-order chi connectivity index (χ1) is 9.22. The van der Waals surface area contributed by atoms with Crippen LogP contribution in [0.5, 0.6) is 0 Å². The predicted molar refractivity (Wildman–Crippen MR) is 76.9 cm³/mol. The van der Waals surface area contributed by atoms with Crippen LogP contribution < -0.4 is 5.32 Å². The molecule has 4 heteroatoms. The quantitative estimate of drug-likeness (QED) is 0.829. The molecule has 0 radical (unpaired) electrons. The Hall–Kier alpha value is -1.58. The lowest BCUT2D eigenvalue weighted by molar-refractivity contribution is -0.121. The molecule has 0 aromatic carbocycles. The molecule has 1 aliphatic rings. The number of nitrogens with one attached hydrogen (secondary N) is 1. The van der Waals surface area contributed by atoms with Crippen LogP contribution in [-0.4, -0.2) is 29.4 Å². The van der Waals surface area contributed by atoms with Crippen molar-refractivity contribution in [2.24, 2.45) is 5.92 Å². The van der Waals surface area contributed by atoms with Gasteiger partial charge in [-0.3, -0.25) is 4.79 Å². The van der Waals surface area contributed by atoms with Crippen molar-refractivity contribution in [1.29, 1.82) is 0 Å². The molecule has 1 amide bonds. The van der Waals surface area contributed by atoms with Crippen molar-refractivity contribution in [2.45, 2.75) is 39.2 Å². The highest BCUT2D eigenvalue weighted by molar-refractivity contribution is 5.53. The second-order valence-electron chi connectivity index (χ2n) is 5.57. The summed E-state index contributed by atoms with van der Waals surface area (Å²) in [4.78, 5) is 17.6. The molecule has 1 atom stereocenters. The molecule has 104 valence electrons. The van der Waals surface area contributed by atoms with Crippen molar-refractivity contribution < 1.29 is 4.79 Å². The normalized spacial score (nSPS) is 19.5. The zero-order chi connectivity index (χ0) is 13.7. The minimum Gasteiger partial charge on any atom is -0.370 e. The lowest BCUT2D eigenvalue weighted by atomic mass is 9.96. The van der Waals surface area contributed by atoms with Crippen LogP contribution in [0.4, 0.5) is 5.82 Å². The molecule has 2 heterocycles. The van der Waals surface area contributed by atoms with Gasteiger partial charge in [-0.15, -0.1) is 0 Å². The molecule has 0 aliphatic carbocycles. The molecular weight excluding hydrogens is 238 g/mol. The Balaban J connectivity index is 2.19. The summed E-state index contributed by atoms with van der Waals surface area (Å²) >= 11 is 0. The summed E-state index contributed by atoms with van der Waals surface area (Å²) in [6.45, 7) is 6.10. The number of carbonyl (C=O) groups excluding carboxylic acids is 1. The maximum atomic E-state index is 11.2. The molecule has 0 spiro atoms. The highest BCUT2D eigenvalue weighted by Crippen LogP contribution is 2.33. The molecule has 1 aliphatic heterocycles. The molecule has 4 nitrogen and oxygen atoms in total. The van der Waals surface area contributed by atoms with Gasteiger partial charge in [0.1, 0.15) is 5.82 Å². The fourth-order valence-electron chi connectivity index (χ4n) is 2.55. The van der Waals surface area contributed by atoms with E-state index in [2.05, 4.69) is 30.2 Å². The molecule has 0 bridgehead atoms. The number of hydrogen-bond donors (Lipinski definition) is 1. The Kier molecular flexibility index (Phi) is 4.77. The van der Waals surface area contributed by atoms with Crippen LogP contribution in [0.3, 0.4) is 0 Å². The average Bonchev–Trinajstić information content (AvgIpc) is 2.45. The van der Waals surface area contributed by atoms with Crippen LogP contribution in [0, 0.1) is 5.92 Å². The monoisotopic (exact) mass is 261 g/mol. The van der Waals surface area contributed by atoms with Gasteiger partial charge in [-0.25, -0.2) is 4.98 Å². The van der Waals surface area contributed by atoms with Gasteiger partial charge in [-0.1, -0.05) is 19.9 Å². The summed E-state index contributed by atoms with van der Waals surface area (Å²) < 4.78 is 0. The molecule has 19 heavy (non-hydrogen) atoms.